The highest BCUT2D eigenvalue weighted by atomic mass is 16.5. The van der Waals surface area contributed by atoms with E-state index in [1.54, 1.807) is 24.3 Å². The highest BCUT2D eigenvalue weighted by molar-refractivity contribution is 6.14. The molecule has 0 fully saturated rings. The van der Waals surface area contributed by atoms with Crippen LogP contribution in [0.4, 0.5) is 0 Å². The Bertz CT molecular complexity index is 1510. The van der Waals surface area contributed by atoms with E-state index in [1.165, 1.54) is 26.4 Å². The molecule has 4 aromatic carbocycles. The number of carbonyl (C=O) groups is 2. The Kier molecular flexibility index (Phi) is 5.37. The second-order valence-electron chi connectivity index (χ2n) is 7.85. The van der Waals surface area contributed by atoms with Crippen molar-refractivity contribution in [3.05, 3.63) is 83.9 Å². The molecule has 0 aliphatic heterocycles. The minimum atomic E-state index is -1.09. The number of ether oxygens (including phenoxy) is 2. The van der Waals surface area contributed by atoms with E-state index in [0.717, 1.165) is 10.8 Å². The van der Waals surface area contributed by atoms with Gasteiger partial charge in [-0.05, 0) is 12.1 Å². The van der Waals surface area contributed by atoms with Gasteiger partial charge in [-0.1, -0.05) is 60.7 Å². The molecular weight excluding hydrogens is 448 g/mol. The zero-order chi connectivity index (χ0) is 24.7. The van der Waals surface area contributed by atoms with E-state index in [1.807, 2.05) is 36.4 Å². The second kappa shape index (κ2) is 8.53. The van der Waals surface area contributed by atoms with Crippen LogP contribution in [0, 0.1) is 0 Å². The lowest BCUT2D eigenvalue weighted by Crippen LogP contribution is -2.01. The quantitative estimate of drug-likeness (QED) is 0.300. The van der Waals surface area contributed by atoms with E-state index < -0.39 is 11.9 Å². The number of para-hydroxylation sites is 4. The summed E-state index contributed by atoms with van der Waals surface area (Å²) in [5.41, 5.74) is 3.75. The topological polar surface area (TPSA) is 106 Å². The molecule has 7 nitrogen and oxygen atoms in total. The molecule has 5 rings (SSSR count). The van der Waals surface area contributed by atoms with Gasteiger partial charge in [0, 0.05) is 33.0 Å². The van der Waals surface area contributed by atoms with Crippen LogP contribution in [0.1, 0.15) is 20.7 Å². The molecule has 0 aliphatic rings. The van der Waals surface area contributed by atoms with Crippen molar-refractivity contribution in [2.75, 3.05) is 14.2 Å². The fraction of sp³-hybridized carbons (Fsp3) is 0.0714. The maximum Gasteiger partial charge on any atom is 0.339 e. The largest absolute Gasteiger partial charge is 0.495 e. The number of hydrogen-bond donors (Lipinski definition) is 2. The molecule has 0 spiro atoms. The van der Waals surface area contributed by atoms with Crippen molar-refractivity contribution < 1.29 is 33.7 Å². The summed E-state index contributed by atoms with van der Waals surface area (Å²) in [5, 5.41) is 20.9. The van der Waals surface area contributed by atoms with E-state index >= 15 is 0 Å². The van der Waals surface area contributed by atoms with Crippen molar-refractivity contribution in [1.82, 2.24) is 0 Å². The normalized spacial score (nSPS) is 11.0. The molecule has 7 heteroatoms. The molecule has 0 amide bonds. The van der Waals surface area contributed by atoms with Crippen LogP contribution >= 0.6 is 0 Å². The summed E-state index contributed by atoms with van der Waals surface area (Å²) in [6.45, 7) is 0. The molecule has 0 atom stereocenters. The third-order valence-electron chi connectivity index (χ3n) is 6.00. The van der Waals surface area contributed by atoms with Gasteiger partial charge in [-0.15, -0.1) is 0 Å². The number of hydrogen-bond acceptors (Lipinski definition) is 5. The Morgan fingerprint density at radius 1 is 0.600 bits per heavy atom. The van der Waals surface area contributed by atoms with Gasteiger partial charge in [-0.3, -0.25) is 0 Å². The monoisotopic (exact) mass is 468 g/mol. The maximum absolute atomic E-state index is 11.7. The van der Waals surface area contributed by atoms with Crippen LogP contribution < -0.4 is 9.47 Å². The molecule has 0 saturated carbocycles. The number of carboxylic acid groups (broad SMARTS) is 2. The third kappa shape index (κ3) is 3.45. The summed E-state index contributed by atoms with van der Waals surface area (Å²) < 4.78 is 17.4. The van der Waals surface area contributed by atoms with E-state index in [0.29, 0.717) is 33.4 Å². The Morgan fingerprint density at radius 2 is 0.971 bits per heavy atom. The molecule has 0 aliphatic carbocycles. The Morgan fingerprint density at radius 3 is 1.34 bits per heavy atom. The van der Waals surface area contributed by atoms with Gasteiger partial charge in [-0.2, -0.15) is 0 Å². The minimum absolute atomic E-state index is 0.0500. The molecule has 0 bridgehead atoms. The minimum Gasteiger partial charge on any atom is -0.495 e. The van der Waals surface area contributed by atoms with Gasteiger partial charge in [0.15, 0.2) is 0 Å². The number of fused-ring (bicyclic) bond motifs is 3. The predicted octanol–water partition coefficient (Wildman–Crippen LogP) is 6.33. The van der Waals surface area contributed by atoms with Gasteiger partial charge in [0.25, 0.3) is 0 Å². The first-order valence-electron chi connectivity index (χ1n) is 10.7. The van der Waals surface area contributed by atoms with Crippen molar-refractivity contribution in [1.29, 1.82) is 0 Å². The molecule has 1 aromatic heterocycles. The molecular formula is C28H20O7. The van der Waals surface area contributed by atoms with E-state index in [9.17, 15) is 19.8 Å². The SMILES string of the molecule is COc1c(C(=O)O)cccc1-c1cccc2c1oc1c(-c3cccc(C(=O)O)c3OC)cccc12. The summed E-state index contributed by atoms with van der Waals surface area (Å²) in [4.78, 5) is 23.5. The lowest BCUT2D eigenvalue weighted by Gasteiger charge is -2.12. The number of rotatable bonds is 6. The number of furan rings is 1. The van der Waals surface area contributed by atoms with Gasteiger partial charge in [0.1, 0.15) is 33.8 Å². The molecule has 0 unspecified atom stereocenters. The average molecular weight is 468 g/mol. The van der Waals surface area contributed by atoms with Crippen molar-refractivity contribution in [2.45, 2.75) is 0 Å². The van der Waals surface area contributed by atoms with Crippen LogP contribution in [0.2, 0.25) is 0 Å². The smallest absolute Gasteiger partial charge is 0.339 e. The average Bonchev–Trinajstić information content (AvgIpc) is 3.26. The second-order valence-corrected chi connectivity index (χ2v) is 7.85. The highest BCUT2D eigenvalue weighted by Crippen LogP contribution is 2.44. The summed E-state index contributed by atoms with van der Waals surface area (Å²) >= 11 is 0. The van der Waals surface area contributed by atoms with Crippen LogP contribution in [0.3, 0.4) is 0 Å². The van der Waals surface area contributed by atoms with Gasteiger partial charge in [-0.25, -0.2) is 9.59 Å². The highest BCUT2D eigenvalue weighted by Gasteiger charge is 2.22. The van der Waals surface area contributed by atoms with Crippen LogP contribution in [0.25, 0.3) is 44.2 Å². The standard InChI is InChI=1S/C28H20O7/c1-33-23-15(7-5-13-21(23)27(29)30)17-9-3-11-19-20-12-4-10-18(26(20)35-25(17)19)16-8-6-14-22(28(31)32)24(16)34-2/h3-14H,1-2H3,(H,29,30)(H,31,32). The maximum atomic E-state index is 11.7. The number of aromatic carboxylic acids is 2. The fourth-order valence-corrected chi connectivity index (χ4v) is 4.52. The molecule has 0 saturated heterocycles. The van der Waals surface area contributed by atoms with Crippen molar-refractivity contribution in [3.8, 4) is 33.8 Å². The molecule has 174 valence electrons. The Balaban J connectivity index is 1.82. The molecule has 5 aromatic rings. The van der Waals surface area contributed by atoms with Gasteiger partial charge in [0.05, 0.1) is 14.2 Å². The zero-order valence-corrected chi connectivity index (χ0v) is 18.9. The summed E-state index contributed by atoms with van der Waals surface area (Å²) in [7, 11) is 2.87. The van der Waals surface area contributed by atoms with E-state index in [-0.39, 0.29) is 22.6 Å². The van der Waals surface area contributed by atoms with Crippen molar-refractivity contribution in [3.63, 3.8) is 0 Å². The Labute approximate surface area is 199 Å². The number of carboxylic acids is 2. The van der Waals surface area contributed by atoms with Gasteiger partial charge < -0.3 is 24.1 Å². The first-order chi connectivity index (χ1) is 17.0. The zero-order valence-electron chi connectivity index (χ0n) is 18.9. The molecule has 2 N–H and O–H groups in total. The van der Waals surface area contributed by atoms with Crippen molar-refractivity contribution >= 4 is 33.9 Å². The summed E-state index contributed by atoms with van der Waals surface area (Å²) in [6.07, 6.45) is 0. The fourth-order valence-electron chi connectivity index (χ4n) is 4.52. The molecule has 35 heavy (non-hydrogen) atoms. The number of methoxy groups -OCH3 is 2. The van der Waals surface area contributed by atoms with Crippen molar-refractivity contribution in [2.24, 2.45) is 0 Å². The van der Waals surface area contributed by atoms with Crippen LogP contribution in [0.15, 0.2) is 77.2 Å². The first kappa shape index (κ1) is 22.0. The van der Waals surface area contributed by atoms with Crippen LogP contribution in [-0.2, 0) is 0 Å². The summed E-state index contributed by atoms with van der Waals surface area (Å²) in [5.74, 6) is -1.70. The lowest BCUT2D eigenvalue weighted by molar-refractivity contribution is 0.0682. The third-order valence-corrected chi connectivity index (χ3v) is 6.00. The summed E-state index contributed by atoms with van der Waals surface area (Å²) in [6, 6.07) is 21.2. The van der Waals surface area contributed by atoms with Crippen LogP contribution in [-0.4, -0.2) is 36.4 Å². The Hall–Kier alpha value is -4.78. The molecule has 0 radical (unpaired) electrons. The van der Waals surface area contributed by atoms with E-state index in [4.69, 9.17) is 13.9 Å². The predicted molar refractivity (Wildman–Crippen MR) is 132 cm³/mol. The molecule has 1 heterocycles. The van der Waals surface area contributed by atoms with E-state index in [2.05, 4.69) is 0 Å². The van der Waals surface area contributed by atoms with Crippen LogP contribution in [0.5, 0.6) is 11.5 Å². The first-order valence-corrected chi connectivity index (χ1v) is 10.7. The lowest BCUT2D eigenvalue weighted by atomic mass is 9.97. The number of benzene rings is 4. The van der Waals surface area contributed by atoms with Gasteiger partial charge in [0.2, 0.25) is 0 Å². The van der Waals surface area contributed by atoms with Gasteiger partial charge >= 0.3 is 11.9 Å².